The average molecular weight is 433 g/mol. The van der Waals surface area contributed by atoms with E-state index < -0.39 is 0 Å². The smallest absolute Gasteiger partial charge is 0.872 e. The van der Waals surface area contributed by atoms with Crippen molar-refractivity contribution in [1.82, 2.24) is 0 Å². The first kappa shape index (κ1) is 22.0. The summed E-state index contributed by atoms with van der Waals surface area (Å²) in [6.07, 6.45) is 2.91. The number of benzene rings is 3. The van der Waals surface area contributed by atoms with E-state index in [2.05, 4.69) is 9.98 Å². The molecule has 0 amide bonds. The Labute approximate surface area is 179 Å². The molecule has 0 unspecified atom stereocenters. The molecule has 0 heterocycles. The van der Waals surface area contributed by atoms with Crippen molar-refractivity contribution < 1.29 is 36.2 Å². The second-order valence-electron chi connectivity index (χ2n) is 5.75. The Morgan fingerprint density at radius 2 is 1.07 bits per heavy atom. The molecule has 0 saturated heterocycles. The molecule has 3 aromatic rings. The third kappa shape index (κ3) is 5.15. The Hall–Kier alpha value is -3.31. The molecule has 0 aliphatic carbocycles. The first-order valence-electron chi connectivity index (χ1n) is 8.49. The zero-order chi connectivity index (χ0) is 19.9. The van der Waals surface area contributed by atoms with Gasteiger partial charge in [-0.05, 0) is 24.3 Å². The van der Waals surface area contributed by atoms with Crippen LogP contribution in [0, 0.1) is 0 Å². The summed E-state index contributed by atoms with van der Waals surface area (Å²) in [5, 5.41) is 24.1. The quantitative estimate of drug-likeness (QED) is 0.441. The molecule has 0 radical (unpaired) electrons. The van der Waals surface area contributed by atoms with Crippen molar-refractivity contribution in [3.63, 3.8) is 0 Å². The van der Waals surface area contributed by atoms with Crippen molar-refractivity contribution in [3.8, 4) is 23.0 Å². The second kappa shape index (κ2) is 10.3. The maximum absolute atomic E-state index is 12.1. The molecule has 0 spiro atoms. The molecule has 6 nitrogen and oxygen atoms in total. The van der Waals surface area contributed by atoms with Crippen LogP contribution in [-0.4, -0.2) is 26.6 Å². The van der Waals surface area contributed by atoms with Crippen molar-refractivity contribution >= 4 is 23.8 Å². The molecule has 0 aliphatic rings. The average Bonchev–Trinajstić information content (AvgIpc) is 2.72. The molecular formula is C22H18N2NiO4. The van der Waals surface area contributed by atoms with Crippen LogP contribution in [0.1, 0.15) is 11.1 Å². The molecule has 0 bridgehead atoms. The third-order valence-corrected chi connectivity index (χ3v) is 4.04. The van der Waals surface area contributed by atoms with E-state index in [1.54, 1.807) is 36.4 Å². The van der Waals surface area contributed by atoms with Gasteiger partial charge in [0, 0.05) is 23.6 Å². The van der Waals surface area contributed by atoms with Gasteiger partial charge >= 0.3 is 16.5 Å². The van der Waals surface area contributed by atoms with Crippen LogP contribution in [-0.2, 0) is 16.5 Å². The Kier molecular flexibility index (Phi) is 7.81. The summed E-state index contributed by atoms with van der Waals surface area (Å²) in [5.41, 5.74) is 1.81. The summed E-state index contributed by atoms with van der Waals surface area (Å²) < 4.78 is 10.4. The molecule has 0 atom stereocenters. The number of rotatable bonds is 6. The summed E-state index contributed by atoms with van der Waals surface area (Å²) >= 11 is 0. The van der Waals surface area contributed by atoms with Gasteiger partial charge in [0.25, 0.3) is 0 Å². The Morgan fingerprint density at radius 1 is 0.655 bits per heavy atom. The van der Waals surface area contributed by atoms with Crippen molar-refractivity contribution in [2.75, 3.05) is 14.2 Å². The number of ether oxygens (including phenoxy) is 2. The molecule has 150 valence electrons. The molecule has 0 fully saturated rings. The van der Waals surface area contributed by atoms with Crippen LogP contribution >= 0.6 is 0 Å². The van der Waals surface area contributed by atoms with Gasteiger partial charge in [0.05, 0.1) is 25.6 Å². The summed E-state index contributed by atoms with van der Waals surface area (Å²) in [6, 6.07) is 16.7. The van der Waals surface area contributed by atoms with Gasteiger partial charge in [0.2, 0.25) is 0 Å². The molecule has 0 aromatic heterocycles. The van der Waals surface area contributed by atoms with Crippen LogP contribution in [0.4, 0.5) is 11.4 Å². The van der Waals surface area contributed by atoms with Crippen LogP contribution in [0.25, 0.3) is 0 Å². The van der Waals surface area contributed by atoms with Crippen molar-refractivity contribution in [3.05, 3.63) is 71.8 Å². The fourth-order valence-corrected chi connectivity index (χ4v) is 2.61. The third-order valence-electron chi connectivity index (χ3n) is 4.04. The van der Waals surface area contributed by atoms with E-state index in [4.69, 9.17) is 9.47 Å². The van der Waals surface area contributed by atoms with Crippen LogP contribution in [0.2, 0.25) is 0 Å². The van der Waals surface area contributed by atoms with E-state index in [0.717, 1.165) is 0 Å². The largest absolute Gasteiger partial charge is 2.00 e. The van der Waals surface area contributed by atoms with E-state index in [9.17, 15) is 10.2 Å². The zero-order valence-electron chi connectivity index (χ0n) is 15.8. The minimum Gasteiger partial charge on any atom is -0.872 e. The van der Waals surface area contributed by atoms with E-state index in [1.165, 1.54) is 38.8 Å². The first-order valence-corrected chi connectivity index (χ1v) is 8.49. The minimum absolute atomic E-state index is 0. The minimum atomic E-state index is -0.186. The van der Waals surface area contributed by atoms with Crippen molar-refractivity contribution in [2.45, 2.75) is 0 Å². The van der Waals surface area contributed by atoms with Crippen LogP contribution < -0.4 is 19.7 Å². The van der Waals surface area contributed by atoms with Gasteiger partial charge in [0.1, 0.15) is 11.5 Å². The Morgan fingerprint density at radius 3 is 1.45 bits per heavy atom. The topological polar surface area (TPSA) is 89.3 Å². The summed E-state index contributed by atoms with van der Waals surface area (Å²) in [5.74, 6) is 0.521. The first-order chi connectivity index (χ1) is 13.6. The SMILES string of the molecule is COc1cccc([O-])c1C=Nc1ccccc1N=Cc1c([O-])cccc1OC.[Ni+2]. The maximum atomic E-state index is 12.1. The van der Waals surface area contributed by atoms with Crippen LogP contribution in [0.3, 0.4) is 0 Å². The predicted molar refractivity (Wildman–Crippen MR) is 106 cm³/mol. The molecule has 3 rings (SSSR count). The molecule has 3 aromatic carbocycles. The number of methoxy groups -OCH3 is 2. The summed E-state index contributed by atoms with van der Waals surface area (Å²) in [6.45, 7) is 0. The molecular weight excluding hydrogens is 415 g/mol. The predicted octanol–water partition coefficient (Wildman–Crippen LogP) is 3.35. The molecule has 0 saturated carbocycles. The van der Waals surface area contributed by atoms with Crippen molar-refractivity contribution in [2.24, 2.45) is 9.98 Å². The van der Waals surface area contributed by atoms with Crippen LogP contribution in [0.15, 0.2) is 70.6 Å². The summed E-state index contributed by atoms with van der Waals surface area (Å²) in [7, 11) is 3.00. The number of nitrogens with zero attached hydrogens (tertiary/aromatic N) is 2. The number of hydrogen-bond acceptors (Lipinski definition) is 6. The van der Waals surface area contributed by atoms with Crippen LogP contribution in [0.5, 0.6) is 23.0 Å². The second-order valence-corrected chi connectivity index (χ2v) is 5.75. The number of para-hydroxylation sites is 2. The van der Waals surface area contributed by atoms with E-state index >= 15 is 0 Å². The van der Waals surface area contributed by atoms with Gasteiger partial charge in [-0.15, -0.1) is 0 Å². The monoisotopic (exact) mass is 432 g/mol. The molecule has 7 heteroatoms. The van der Waals surface area contributed by atoms with Gasteiger partial charge in [0.15, 0.2) is 0 Å². The molecule has 0 N–H and O–H groups in total. The van der Waals surface area contributed by atoms with Gasteiger partial charge in [-0.25, -0.2) is 0 Å². The Bertz CT molecular complexity index is 953. The standard InChI is InChI=1S/C22H20N2O4.Ni/c1-27-21-11-5-9-19(25)15(21)13-23-17-7-3-4-8-18(17)24-14-16-20(26)10-6-12-22(16)28-2;/h3-14,25-26H,1-2H3;/q;+2/p-2. The van der Waals surface area contributed by atoms with E-state index in [1.807, 2.05) is 12.1 Å². The number of aliphatic imine (C=N–C) groups is 2. The zero-order valence-corrected chi connectivity index (χ0v) is 16.8. The fraction of sp³-hybridized carbons (Fsp3) is 0.0909. The maximum Gasteiger partial charge on any atom is 2.00 e. The van der Waals surface area contributed by atoms with Gasteiger partial charge in [-0.1, -0.05) is 47.9 Å². The van der Waals surface area contributed by atoms with E-state index in [0.29, 0.717) is 34.0 Å². The van der Waals surface area contributed by atoms with Gasteiger partial charge in [-0.2, -0.15) is 0 Å². The fourth-order valence-electron chi connectivity index (χ4n) is 2.61. The molecule has 29 heavy (non-hydrogen) atoms. The number of hydrogen-bond donors (Lipinski definition) is 0. The normalized spacial score (nSPS) is 10.8. The van der Waals surface area contributed by atoms with E-state index in [-0.39, 0.29) is 28.0 Å². The van der Waals surface area contributed by atoms with Gasteiger partial charge < -0.3 is 19.7 Å². The summed E-state index contributed by atoms with van der Waals surface area (Å²) in [4.78, 5) is 8.79. The van der Waals surface area contributed by atoms with Gasteiger partial charge in [-0.3, -0.25) is 9.98 Å². The van der Waals surface area contributed by atoms with Crippen molar-refractivity contribution in [1.29, 1.82) is 0 Å². The molecule has 0 aliphatic heterocycles. The Balaban J connectivity index is 0.00000300.